The van der Waals surface area contributed by atoms with E-state index in [4.69, 9.17) is 4.74 Å². The van der Waals surface area contributed by atoms with Gasteiger partial charge in [0.05, 0.1) is 5.56 Å². The van der Waals surface area contributed by atoms with Crippen LogP contribution in [0.2, 0.25) is 0 Å². The quantitative estimate of drug-likeness (QED) is 0.303. The molecule has 2 aromatic carbocycles. The minimum Gasteiger partial charge on any atom is -0.492 e. The van der Waals surface area contributed by atoms with Gasteiger partial charge in [0.15, 0.2) is 5.96 Å². The second kappa shape index (κ2) is 12.6. The third kappa shape index (κ3) is 9.21. The third-order valence-corrected chi connectivity index (χ3v) is 4.13. The molecule has 0 aliphatic rings. The molecule has 2 aromatic rings. The number of rotatable bonds is 8. The van der Waals surface area contributed by atoms with Crippen molar-refractivity contribution < 1.29 is 17.9 Å². The molecule has 30 heavy (non-hydrogen) atoms. The van der Waals surface area contributed by atoms with Gasteiger partial charge in [-0.3, -0.25) is 4.99 Å². The summed E-state index contributed by atoms with van der Waals surface area (Å²) < 4.78 is 43.6. The van der Waals surface area contributed by atoms with Crippen LogP contribution in [0.4, 0.5) is 13.2 Å². The average Bonchev–Trinajstić information content (AvgIpc) is 2.68. The summed E-state index contributed by atoms with van der Waals surface area (Å²) in [6.07, 6.45) is -4.33. The van der Waals surface area contributed by atoms with Crippen LogP contribution in [0, 0.1) is 0 Å². The smallest absolute Gasteiger partial charge is 0.416 e. The van der Waals surface area contributed by atoms with Crippen LogP contribution in [-0.4, -0.2) is 45.2 Å². The van der Waals surface area contributed by atoms with E-state index in [1.165, 1.54) is 12.1 Å². The van der Waals surface area contributed by atoms with Crippen LogP contribution in [0.3, 0.4) is 0 Å². The summed E-state index contributed by atoms with van der Waals surface area (Å²) in [6.45, 7) is 2.35. The molecule has 0 bridgehead atoms. The number of hydrogen-bond donors (Lipinski definition) is 2. The zero-order valence-corrected chi connectivity index (χ0v) is 19.6. The molecule has 0 aromatic heterocycles. The minimum atomic E-state index is -4.33. The van der Waals surface area contributed by atoms with Crippen LogP contribution in [-0.2, 0) is 19.3 Å². The Labute approximate surface area is 192 Å². The van der Waals surface area contributed by atoms with Crippen LogP contribution in [0.5, 0.6) is 5.75 Å². The highest BCUT2D eigenvalue weighted by atomic mass is 127. The van der Waals surface area contributed by atoms with Gasteiger partial charge in [0.2, 0.25) is 0 Å². The van der Waals surface area contributed by atoms with E-state index in [0.29, 0.717) is 25.7 Å². The Kier molecular flexibility index (Phi) is 11.0. The van der Waals surface area contributed by atoms with E-state index in [1.54, 1.807) is 7.05 Å². The summed E-state index contributed by atoms with van der Waals surface area (Å²) in [7, 11) is 5.63. The largest absolute Gasteiger partial charge is 0.492 e. The molecule has 0 unspecified atom stereocenters. The predicted octanol–water partition coefficient (Wildman–Crippen LogP) is 4.13. The van der Waals surface area contributed by atoms with Gasteiger partial charge in [-0.25, -0.2) is 0 Å². The Morgan fingerprint density at radius 3 is 2.20 bits per heavy atom. The summed E-state index contributed by atoms with van der Waals surface area (Å²) in [5.74, 6) is 1.36. The third-order valence-electron chi connectivity index (χ3n) is 4.13. The summed E-state index contributed by atoms with van der Waals surface area (Å²) in [5, 5.41) is 6.28. The summed E-state index contributed by atoms with van der Waals surface area (Å²) >= 11 is 0. The van der Waals surface area contributed by atoms with Gasteiger partial charge in [-0.1, -0.05) is 24.3 Å². The van der Waals surface area contributed by atoms with E-state index < -0.39 is 11.7 Å². The Hall–Kier alpha value is -2.01. The molecule has 0 amide bonds. The average molecular weight is 536 g/mol. The van der Waals surface area contributed by atoms with Gasteiger partial charge in [-0.15, -0.1) is 24.0 Å². The second-order valence-electron chi connectivity index (χ2n) is 6.77. The number of benzene rings is 2. The van der Waals surface area contributed by atoms with Gasteiger partial charge in [0, 0.05) is 26.7 Å². The number of hydrogen-bond acceptors (Lipinski definition) is 3. The molecule has 9 heteroatoms. The van der Waals surface area contributed by atoms with Crippen LogP contribution in [0.15, 0.2) is 53.5 Å². The van der Waals surface area contributed by atoms with Crippen LogP contribution in [0.25, 0.3) is 0 Å². The van der Waals surface area contributed by atoms with Crippen molar-refractivity contribution in [2.45, 2.75) is 19.3 Å². The fourth-order valence-electron chi connectivity index (χ4n) is 2.50. The highest BCUT2D eigenvalue weighted by molar-refractivity contribution is 14.0. The predicted molar refractivity (Wildman–Crippen MR) is 124 cm³/mol. The number of alkyl halides is 3. The zero-order chi connectivity index (χ0) is 21.3. The molecular weight excluding hydrogens is 508 g/mol. The van der Waals surface area contributed by atoms with Crippen LogP contribution in [0.1, 0.15) is 16.7 Å². The van der Waals surface area contributed by atoms with E-state index in [1.807, 2.05) is 38.4 Å². The van der Waals surface area contributed by atoms with Crippen LogP contribution >= 0.6 is 24.0 Å². The Bertz CT molecular complexity index is 796. The van der Waals surface area contributed by atoms with Crippen molar-refractivity contribution in [3.05, 3.63) is 65.2 Å². The van der Waals surface area contributed by atoms with Crippen molar-refractivity contribution in [2.75, 3.05) is 34.3 Å². The van der Waals surface area contributed by atoms with Crippen molar-refractivity contribution in [3.63, 3.8) is 0 Å². The summed E-state index contributed by atoms with van der Waals surface area (Å²) in [6, 6.07) is 12.9. The summed E-state index contributed by atoms with van der Waals surface area (Å²) in [5.41, 5.74) is 1.11. The van der Waals surface area contributed by atoms with E-state index in [2.05, 4.69) is 20.5 Å². The Balaban J connectivity index is 0.00000450. The molecule has 0 saturated heterocycles. The van der Waals surface area contributed by atoms with Gasteiger partial charge >= 0.3 is 6.18 Å². The molecule has 166 valence electrons. The van der Waals surface area contributed by atoms with Gasteiger partial charge in [-0.2, -0.15) is 13.2 Å². The number of likely N-dealkylation sites (N-methyl/N-ethyl adjacent to an activating group) is 1. The molecule has 5 nitrogen and oxygen atoms in total. The molecule has 2 N–H and O–H groups in total. The lowest BCUT2D eigenvalue weighted by Crippen LogP contribution is -2.36. The van der Waals surface area contributed by atoms with Crippen molar-refractivity contribution in [3.8, 4) is 5.75 Å². The first-order valence-electron chi connectivity index (χ1n) is 9.25. The molecule has 0 fully saturated rings. The molecule has 0 radical (unpaired) electrons. The Morgan fingerprint density at radius 1 is 1.00 bits per heavy atom. The van der Waals surface area contributed by atoms with E-state index in [-0.39, 0.29) is 24.0 Å². The molecule has 0 heterocycles. The number of aliphatic imine (C=N–C) groups is 1. The zero-order valence-electron chi connectivity index (χ0n) is 17.3. The second-order valence-corrected chi connectivity index (χ2v) is 6.77. The number of halogens is 4. The first-order valence-corrected chi connectivity index (χ1v) is 9.25. The summed E-state index contributed by atoms with van der Waals surface area (Å²) in [4.78, 5) is 6.20. The minimum absolute atomic E-state index is 0. The van der Waals surface area contributed by atoms with Crippen molar-refractivity contribution in [1.29, 1.82) is 0 Å². The molecule has 0 atom stereocenters. The first kappa shape index (κ1) is 26.0. The highest BCUT2D eigenvalue weighted by Gasteiger charge is 2.29. The highest BCUT2D eigenvalue weighted by Crippen LogP contribution is 2.29. The number of ether oxygens (including phenoxy) is 1. The van der Waals surface area contributed by atoms with Crippen LogP contribution < -0.4 is 15.4 Å². The molecule has 0 aliphatic heterocycles. The van der Waals surface area contributed by atoms with E-state index in [9.17, 15) is 13.2 Å². The maximum Gasteiger partial charge on any atom is 0.416 e. The maximum atomic E-state index is 12.6. The van der Waals surface area contributed by atoms with Gasteiger partial charge < -0.3 is 20.3 Å². The monoisotopic (exact) mass is 536 g/mol. The van der Waals surface area contributed by atoms with Crippen molar-refractivity contribution in [1.82, 2.24) is 15.5 Å². The topological polar surface area (TPSA) is 48.9 Å². The molecule has 0 aliphatic carbocycles. The van der Waals surface area contributed by atoms with Crippen molar-refractivity contribution >= 4 is 29.9 Å². The maximum absolute atomic E-state index is 12.6. The fraction of sp³-hybridized carbons (Fsp3) is 0.381. The number of nitrogens with one attached hydrogen (secondary N) is 2. The first-order chi connectivity index (χ1) is 13.8. The molecule has 0 saturated carbocycles. The van der Waals surface area contributed by atoms with Gasteiger partial charge in [0.1, 0.15) is 12.4 Å². The van der Waals surface area contributed by atoms with Gasteiger partial charge in [0.25, 0.3) is 0 Å². The molecule has 2 rings (SSSR count). The fourth-order valence-corrected chi connectivity index (χ4v) is 2.50. The molecule has 0 spiro atoms. The van der Waals surface area contributed by atoms with Crippen molar-refractivity contribution in [2.24, 2.45) is 4.99 Å². The lowest BCUT2D eigenvalue weighted by Gasteiger charge is -2.14. The molecular formula is C21H28F3IN4O. The van der Waals surface area contributed by atoms with E-state index in [0.717, 1.165) is 35.6 Å². The standard InChI is InChI=1S/C21H27F3N4O.HI/c1-25-20(26-14-16-7-9-18(10-8-16)21(22,23)24)27-15-17-5-4-6-19(13-17)29-12-11-28(2)3;/h4-10,13H,11-12,14-15H2,1-3H3,(H2,25,26,27);1H. The van der Waals surface area contributed by atoms with E-state index >= 15 is 0 Å². The normalized spacial score (nSPS) is 11.8. The Morgan fingerprint density at radius 2 is 1.63 bits per heavy atom. The van der Waals surface area contributed by atoms with Gasteiger partial charge in [-0.05, 0) is 49.5 Å². The SMILES string of the molecule is CN=C(NCc1ccc(C(F)(F)F)cc1)NCc1cccc(OCCN(C)C)c1.I. The lowest BCUT2D eigenvalue weighted by molar-refractivity contribution is -0.137. The lowest BCUT2D eigenvalue weighted by atomic mass is 10.1. The number of nitrogens with zero attached hydrogens (tertiary/aromatic N) is 2. The number of guanidine groups is 1.